The molecule has 1 rings (SSSR count). The number of carbonyl (C=O) groups excluding carboxylic acids is 2. The third-order valence-corrected chi connectivity index (χ3v) is 2.72. The van der Waals surface area contributed by atoms with Crippen LogP contribution in [0.1, 0.15) is 19.8 Å². The molecule has 1 aliphatic rings. The van der Waals surface area contributed by atoms with Gasteiger partial charge in [-0.1, -0.05) is 12.2 Å². The van der Waals surface area contributed by atoms with Gasteiger partial charge in [-0.25, -0.2) is 0 Å². The predicted octanol–water partition coefficient (Wildman–Crippen LogP) is -1.24. The van der Waals surface area contributed by atoms with Crippen LogP contribution in [-0.4, -0.2) is 52.0 Å². The van der Waals surface area contributed by atoms with E-state index in [2.05, 4.69) is 17.5 Å². The summed E-state index contributed by atoms with van der Waals surface area (Å²) in [6.07, 6.45) is 1.31. The molecule has 0 saturated carbocycles. The van der Waals surface area contributed by atoms with Gasteiger partial charge in [0.2, 0.25) is 0 Å². The molecule has 1 fully saturated rings. The fourth-order valence-electron chi connectivity index (χ4n) is 1.78. The van der Waals surface area contributed by atoms with Gasteiger partial charge in [0.25, 0.3) is 0 Å². The number of β-amino-alcohol motifs (C(OH)–C–C–N with tert-alkyl or cyclic N) is 1. The maximum absolute atomic E-state index is 11.7. The van der Waals surface area contributed by atoms with E-state index in [-0.39, 0.29) is 18.1 Å². The summed E-state index contributed by atoms with van der Waals surface area (Å²) >= 11 is 4.59. The van der Waals surface area contributed by atoms with Crippen LogP contribution in [0.25, 0.3) is 0 Å². The average Bonchev–Trinajstić information content (AvgIpc) is 2.23. The zero-order valence-electron chi connectivity index (χ0n) is 9.73. The second kappa shape index (κ2) is 5.42. The zero-order valence-corrected chi connectivity index (χ0v) is 10.5. The number of nitrogens with one attached hydrogen (secondary N) is 1. The Morgan fingerprint density at radius 1 is 1.59 bits per heavy atom. The first-order valence-corrected chi connectivity index (χ1v) is 5.80. The van der Waals surface area contributed by atoms with E-state index in [1.807, 2.05) is 0 Å². The monoisotopic (exact) mass is 259 g/mol. The lowest BCUT2D eigenvalue weighted by molar-refractivity contribution is -0.149. The van der Waals surface area contributed by atoms with E-state index in [1.165, 1.54) is 4.90 Å². The van der Waals surface area contributed by atoms with E-state index in [9.17, 15) is 14.7 Å². The number of hydrogen-bond donors (Lipinski definition) is 3. The van der Waals surface area contributed by atoms with Crippen LogP contribution in [0.5, 0.6) is 0 Å². The number of hydrogen-bond acceptors (Lipinski definition) is 4. The Kier molecular flexibility index (Phi) is 4.41. The Bertz CT molecular complexity index is 344. The third-order valence-electron chi connectivity index (χ3n) is 2.58. The quantitative estimate of drug-likeness (QED) is 0.426. The van der Waals surface area contributed by atoms with Crippen molar-refractivity contribution in [1.82, 2.24) is 10.2 Å². The van der Waals surface area contributed by atoms with Gasteiger partial charge in [-0.2, -0.15) is 0 Å². The smallest absolute Gasteiger partial charge is 0.311 e. The summed E-state index contributed by atoms with van der Waals surface area (Å²) in [7, 11) is 0. The SMILES string of the molecule is CC1(O)CCCN(C(=O)C(=O)NCC(N)=S)C1. The first-order valence-electron chi connectivity index (χ1n) is 5.39. The van der Waals surface area contributed by atoms with Crippen LogP contribution < -0.4 is 11.1 Å². The largest absolute Gasteiger partial charge is 0.392 e. The first-order chi connectivity index (χ1) is 7.82. The standard InChI is InChI=1S/C10H17N3O3S/c1-10(16)3-2-4-13(6-10)9(15)8(14)12-5-7(11)17/h16H,2-6H2,1H3,(H2,11,17)(H,12,14). The average molecular weight is 259 g/mol. The summed E-state index contributed by atoms with van der Waals surface area (Å²) in [5, 5.41) is 12.2. The molecule has 0 radical (unpaired) electrons. The number of likely N-dealkylation sites (tertiary alicyclic amines) is 1. The third kappa shape index (κ3) is 4.27. The molecule has 2 amide bonds. The summed E-state index contributed by atoms with van der Waals surface area (Å²) in [6, 6.07) is 0. The van der Waals surface area contributed by atoms with Crippen LogP contribution in [0.4, 0.5) is 0 Å². The minimum absolute atomic E-state index is 0.00411. The van der Waals surface area contributed by atoms with E-state index in [1.54, 1.807) is 6.92 Å². The molecule has 1 aliphatic heterocycles. The van der Waals surface area contributed by atoms with Crippen molar-refractivity contribution >= 4 is 29.0 Å². The highest BCUT2D eigenvalue weighted by molar-refractivity contribution is 7.80. The van der Waals surface area contributed by atoms with E-state index in [0.29, 0.717) is 19.4 Å². The molecule has 0 aromatic rings. The lowest BCUT2D eigenvalue weighted by Crippen LogP contribution is -2.53. The van der Waals surface area contributed by atoms with Crippen molar-refractivity contribution in [2.24, 2.45) is 5.73 Å². The van der Waals surface area contributed by atoms with E-state index < -0.39 is 17.4 Å². The van der Waals surface area contributed by atoms with Crippen LogP contribution in [0.3, 0.4) is 0 Å². The summed E-state index contributed by atoms with van der Waals surface area (Å²) in [4.78, 5) is 24.6. The Balaban J connectivity index is 2.51. The van der Waals surface area contributed by atoms with Gasteiger partial charge in [0.15, 0.2) is 0 Å². The number of rotatable bonds is 2. The number of nitrogens with zero attached hydrogens (tertiary/aromatic N) is 1. The molecule has 6 nitrogen and oxygen atoms in total. The first kappa shape index (κ1) is 13.9. The van der Waals surface area contributed by atoms with Gasteiger partial charge in [0.1, 0.15) is 0 Å². The second-order valence-corrected chi connectivity index (χ2v) is 5.00. The van der Waals surface area contributed by atoms with Gasteiger partial charge in [-0.15, -0.1) is 0 Å². The van der Waals surface area contributed by atoms with Crippen molar-refractivity contribution in [2.75, 3.05) is 19.6 Å². The topological polar surface area (TPSA) is 95.7 Å². The summed E-state index contributed by atoms with van der Waals surface area (Å²) in [5.41, 5.74) is 4.29. The Hall–Kier alpha value is -1.21. The zero-order chi connectivity index (χ0) is 13.1. The molecule has 0 bridgehead atoms. The molecule has 1 atom stereocenters. The van der Waals surface area contributed by atoms with Crippen LogP contribution >= 0.6 is 12.2 Å². The fraction of sp³-hybridized carbons (Fsp3) is 0.700. The molecule has 1 saturated heterocycles. The Morgan fingerprint density at radius 3 is 2.76 bits per heavy atom. The van der Waals surface area contributed by atoms with Crippen molar-refractivity contribution in [3.8, 4) is 0 Å². The van der Waals surface area contributed by atoms with Crippen LogP contribution in [0, 0.1) is 0 Å². The summed E-state index contributed by atoms with van der Waals surface area (Å²) in [5.74, 6) is -1.39. The molecular formula is C10H17N3O3S. The molecule has 0 aliphatic carbocycles. The van der Waals surface area contributed by atoms with Crippen molar-refractivity contribution in [3.05, 3.63) is 0 Å². The van der Waals surface area contributed by atoms with Crippen molar-refractivity contribution in [1.29, 1.82) is 0 Å². The highest BCUT2D eigenvalue weighted by atomic mass is 32.1. The van der Waals surface area contributed by atoms with Gasteiger partial charge in [0.05, 0.1) is 17.1 Å². The highest BCUT2D eigenvalue weighted by Gasteiger charge is 2.33. The number of nitrogens with two attached hydrogens (primary N) is 1. The number of aliphatic hydroxyl groups is 1. The summed E-state index contributed by atoms with van der Waals surface area (Å²) in [6.45, 7) is 2.31. The van der Waals surface area contributed by atoms with Gasteiger partial charge >= 0.3 is 11.8 Å². The van der Waals surface area contributed by atoms with Crippen LogP contribution in [0.15, 0.2) is 0 Å². The van der Waals surface area contributed by atoms with Crippen molar-refractivity contribution in [2.45, 2.75) is 25.4 Å². The van der Waals surface area contributed by atoms with Crippen LogP contribution in [0.2, 0.25) is 0 Å². The molecule has 1 heterocycles. The predicted molar refractivity (Wildman–Crippen MR) is 66.2 cm³/mol. The molecule has 4 N–H and O–H groups in total. The molecule has 1 unspecified atom stereocenters. The second-order valence-electron chi connectivity index (χ2n) is 4.48. The molecule has 96 valence electrons. The number of piperidine rings is 1. The van der Waals surface area contributed by atoms with Gasteiger partial charge in [0, 0.05) is 13.1 Å². The molecule has 0 aromatic heterocycles. The molecule has 17 heavy (non-hydrogen) atoms. The molecule has 7 heteroatoms. The number of thiocarbonyl (C=S) groups is 1. The molecular weight excluding hydrogens is 242 g/mol. The molecule has 0 aromatic carbocycles. The Morgan fingerprint density at radius 2 is 2.24 bits per heavy atom. The van der Waals surface area contributed by atoms with E-state index in [0.717, 1.165) is 0 Å². The number of carbonyl (C=O) groups is 2. The summed E-state index contributed by atoms with van der Waals surface area (Å²) < 4.78 is 0. The van der Waals surface area contributed by atoms with Crippen molar-refractivity contribution < 1.29 is 14.7 Å². The maximum atomic E-state index is 11.7. The van der Waals surface area contributed by atoms with E-state index in [4.69, 9.17) is 5.73 Å². The number of amides is 2. The fourth-order valence-corrected chi connectivity index (χ4v) is 1.85. The minimum atomic E-state index is -0.919. The van der Waals surface area contributed by atoms with Crippen LogP contribution in [-0.2, 0) is 9.59 Å². The maximum Gasteiger partial charge on any atom is 0.311 e. The normalized spacial score (nSPS) is 24.2. The van der Waals surface area contributed by atoms with Crippen molar-refractivity contribution in [3.63, 3.8) is 0 Å². The van der Waals surface area contributed by atoms with Gasteiger partial charge < -0.3 is 21.1 Å². The minimum Gasteiger partial charge on any atom is -0.392 e. The van der Waals surface area contributed by atoms with E-state index >= 15 is 0 Å². The van der Waals surface area contributed by atoms with Gasteiger partial charge in [-0.3, -0.25) is 9.59 Å². The van der Waals surface area contributed by atoms with Gasteiger partial charge in [-0.05, 0) is 19.8 Å². The lowest BCUT2D eigenvalue weighted by Gasteiger charge is -2.36. The Labute approximate surface area is 105 Å². The highest BCUT2D eigenvalue weighted by Crippen LogP contribution is 2.20. The molecule has 0 spiro atoms. The lowest BCUT2D eigenvalue weighted by atomic mass is 9.95.